The van der Waals surface area contributed by atoms with Gasteiger partial charge in [0.05, 0.1) is 0 Å². The molecule has 0 aromatic carbocycles. The molecular formula is C22H23N6O5S2+. The number of carboxylic acid groups (broad SMARTS) is 1. The number of nitrogens with one attached hydrogen (secondary N) is 1. The SMILES string of the molecule is CON=C(C(=O)NC1C(=O)N2C(C(=O)O)=C(C[n+]3cccc4c3CCC4)CS[C@H]12)c1csc(N)n1. The highest BCUT2D eigenvalue weighted by Gasteiger charge is 2.55. The van der Waals surface area contributed by atoms with Gasteiger partial charge in [-0.3, -0.25) is 14.5 Å². The molecule has 2 atom stereocenters. The van der Waals surface area contributed by atoms with E-state index in [-0.39, 0.29) is 22.2 Å². The Morgan fingerprint density at radius 2 is 2.26 bits per heavy atom. The molecule has 2 amide bonds. The summed E-state index contributed by atoms with van der Waals surface area (Å²) in [7, 11) is 1.29. The Labute approximate surface area is 208 Å². The van der Waals surface area contributed by atoms with Gasteiger partial charge in [-0.05, 0) is 18.9 Å². The molecule has 4 N–H and O–H groups in total. The van der Waals surface area contributed by atoms with Gasteiger partial charge in [0.25, 0.3) is 11.8 Å². The molecule has 2 aliphatic heterocycles. The van der Waals surface area contributed by atoms with E-state index in [1.807, 2.05) is 12.3 Å². The van der Waals surface area contributed by atoms with E-state index in [9.17, 15) is 19.5 Å². The topological polar surface area (TPSA) is 151 Å². The number of carbonyl (C=O) groups excluding carboxylic acids is 2. The van der Waals surface area contributed by atoms with E-state index in [0.717, 1.165) is 30.6 Å². The molecule has 11 nitrogen and oxygen atoms in total. The standard InChI is InChI=1S/C22H22N6O5S2/c1-33-26-15(13-10-35-22(23)24-13)18(29)25-16-19(30)28-17(21(31)32)12(9-34-20(16)28)8-27-7-3-5-11-4-2-6-14(11)27/h3,5,7,10,16,20H,2,4,6,8-9H2,1H3,(H3-,23,24,25,29,31,32)/p+1/t16?,20-/m1/s1. The lowest BCUT2D eigenvalue weighted by Gasteiger charge is -2.49. The van der Waals surface area contributed by atoms with Crippen LogP contribution in [0.2, 0.25) is 0 Å². The number of fused-ring (bicyclic) bond motifs is 2. The van der Waals surface area contributed by atoms with Crippen LogP contribution in [0.5, 0.6) is 0 Å². The zero-order chi connectivity index (χ0) is 24.7. The molecule has 0 radical (unpaired) electrons. The van der Waals surface area contributed by atoms with Gasteiger partial charge in [0, 0.05) is 34.8 Å². The minimum atomic E-state index is -1.16. The fraction of sp³-hybridized carbons (Fsp3) is 0.364. The van der Waals surface area contributed by atoms with Crippen molar-refractivity contribution in [2.24, 2.45) is 5.16 Å². The van der Waals surface area contributed by atoms with Gasteiger partial charge in [-0.25, -0.2) is 9.78 Å². The van der Waals surface area contributed by atoms with Crippen LogP contribution in [0.4, 0.5) is 5.13 Å². The summed E-state index contributed by atoms with van der Waals surface area (Å²) in [5.74, 6) is -1.86. The predicted octanol–water partition coefficient (Wildman–Crippen LogP) is 0.291. The molecule has 0 spiro atoms. The Morgan fingerprint density at radius 3 is 2.97 bits per heavy atom. The number of aromatic nitrogens is 2. The third-order valence-electron chi connectivity index (χ3n) is 6.20. The van der Waals surface area contributed by atoms with E-state index in [0.29, 0.717) is 17.9 Å². The maximum atomic E-state index is 13.0. The molecule has 13 heteroatoms. The first-order valence-corrected chi connectivity index (χ1v) is 12.9. The van der Waals surface area contributed by atoms with Gasteiger partial charge < -0.3 is 21.0 Å². The van der Waals surface area contributed by atoms with Crippen molar-refractivity contribution in [3.63, 3.8) is 0 Å². The number of hydrogen-bond acceptors (Lipinski definition) is 9. The number of thioether (sulfide) groups is 1. The lowest BCUT2D eigenvalue weighted by Crippen LogP contribution is -2.71. The Bertz CT molecular complexity index is 1290. The third kappa shape index (κ3) is 4.14. The number of carboxylic acids is 1. The third-order valence-corrected chi connectivity index (χ3v) is 8.21. The summed E-state index contributed by atoms with van der Waals surface area (Å²) >= 11 is 2.57. The van der Waals surface area contributed by atoms with Crippen molar-refractivity contribution in [3.05, 3.63) is 51.9 Å². The number of nitrogens with two attached hydrogens (primary N) is 1. The van der Waals surface area contributed by atoms with Crippen molar-refractivity contribution in [2.75, 3.05) is 18.6 Å². The summed E-state index contributed by atoms with van der Waals surface area (Å²) < 4.78 is 2.08. The number of carbonyl (C=O) groups is 3. The minimum absolute atomic E-state index is 0.00888. The lowest BCUT2D eigenvalue weighted by atomic mass is 10.0. The summed E-state index contributed by atoms with van der Waals surface area (Å²) in [6, 6.07) is 3.18. The molecule has 1 aliphatic carbocycles. The number of nitrogen functional groups attached to an aromatic ring is 1. The maximum absolute atomic E-state index is 13.0. The highest BCUT2D eigenvalue weighted by molar-refractivity contribution is 8.00. The number of amides is 2. The van der Waals surface area contributed by atoms with Crippen LogP contribution in [0.1, 0.15) is 23.4 Å². The van der Waals surface area contributed by atoms with E-state index in [4.69, 9.17) is 10.6 Å². The van der Waals surface area contributed by atoms with Crippen molar-refractivity contribution < 1.29 is 28.9 Å². The largest absolute Gasteiger partial charge is 0.477 e. The predicted molar refractivity (Wildman–Crippen MR) is 128 cm³/mol. The zero-order valence-corrected chi connectivity index (χ0v) is 20.4. The first-order chi connectivity index (χ1) is 16.9. The summed E-state index contributed by atoms with van der Waals surface area (Å²) in [6.45, 7) is 0.404. The molecule has 5 rings (SSSR count). The molecule has 3 aliphatic rings. The molecule has 1 fully saturated rings. The van der Waals surface area contributed by atoms with E-state index < -0.39 is 29.2 Å². The second-order valence-corrected chi connectivity index (χ2v) is 10.3. The van der Waals surface area contributed by atoms with Gasteiger partial charge in [0.2, 0.25) is 0 Å². The number of aryl methyl sites for hydroxylation is 1. The Hall–Kier alpha value is -3.45. The first kappa shape index (κ1) is 23.3. The molecule has 2 aromatic heterocycles. The van der Waals surface area contributed by atoms with Crippen LogP contribution in [0.25, 0.3) is 0 Å². The first-order valence-electron chi connectivity index (χ1n) is 10.9. The van der Waals surface area contributed by atoms with E-state index in [2.05, 4.69) is 26.1 Å². The van der Waals surface area contributed by atoms with E-state index in [1.54, 1.807) is 5.38 Å². The average molecular weight is 516 g/mol. The Kier molecular flexibility index (Phi) is 6.19. The van der Waals surface area contributed by atoms with Crippen LogP contribution in [0.3, 0.4) is 0 Å². The number of nitrogens with zero attached hydrogens (tertiary/aromatic N) is 4. The Morgan fingerprint density at radius 1 is 1.43 bits per heavy atom. The normalized spacial score (nSPS) is 21.3. The number of pyridine rings is 1. The fourth-order valence-electron chi connectivity index (χ4n) is 4.67. The molecule has 0 bridgehead atoms. The van der Waals surface area contributed by atoms with Gasteiger partial charge in [-0.2, -0.15) is 4.57 Å². The second kappa shape index (κ2) is 9.30. The van der Waals surface area contributed by atoms with Gasteiger partial charge in [-0.1, -0.05) is 5.16 Å². The maximum Gasteiger partial charge on any atom is 0.352 e. The minimum Gasteiger partial charge on any atom is -0.477 e. The quantitative estimate of drug-likeness (QED) is 0.206. The zero-order valence-electron chi connectivity index (χ0n) is 18.8. The van der Waals surface area contributed by atoms with Gasteiger partial charge in [-0.15, -0.1) is 23.1 Å². The van der Waals surface area contributed by atoms with Crippen LogP contribution in [-0.4, -0.2) is 62.8 Å². The highest BCUT2D eigenvalue weighted by Crippen LogP contribution is 2.40. The molecule has 35 heavy (non-hydrogen) atoms. The van der Waals surface area contributed by atoms with Crippen LogP contribution < -0.4 is 15.6 Å². The number of rotatable bonds is 7. The van der Waals surface area contributed by atoms with Crippen LogP contribution in [0.15, 0.2) is 40.1 Å². The Balaban J connectivity index is 1.36. The van der Waals surface area contributed by atoms with Crippen LogP contribution in [-0.2, 0) is 38.6 Å². The molecule has 1 unspecified atom stereocenters. The van der Waals surface area contributed by atoms with Crippen molar-refractivity contribution in [1.29, 1.82) is 0 Å². The molecule has 182 valence electrons. The number of thiazole rings is 1. The number of β-lactam (4-membered cyclic amide) rings is 1. The summed E-state index contributed by atoms with van der Waals surface area (Å²) in [5, 5.41) is 17.7. The summed E-state index contributed by atoms with van der Waals surface area (Å²) in [6.07, 6.45) is 5.01. The lowest BCUT2D eigenvalue weighted by molar-refractivity contribution is -0.696. The molecule has 4 heterocycles. The van der Waals surface area contributed by atoms with Crippen LogP contribution in [0, 0.1) is 0 Å². The number of anilines is 1. The van der Waals surface area contributed by atoms with Gasteiger partial charge in [0.1, 0.15) is 29.9 Å². The number of oxime groups is 1. The van der Waals surface area contributed by atoms with Gasteiger partial charge >= 0.3 is 5.97 Å². The highest BCUT2D eigenvalue weighted by atomic mass is 32.2. The van der Waals surface area contributed by atoms with E-state index in [1.165, 1.54) is 35.0 Å². The average Bonchev–Trinajstić information content (AvgIpc) is 3.49. The van der Waals surface area contributed by atoms with Crippen molar-refractivity contribution in [1.82, 2.24) is 15.2 Å². The molecule has 1 saturated heterocycles. The smallest absolute Gasteiger partial charge is 0.352 e. The number of hydrogen-bond donors (Lipinski definition) is 3. The van der Waals surface area contributed by atoms with Gasteiger partial charge in [0.15, 0.2) is 29.3 Å². The molecule has 0 saturated carbocycles. The summed E-state index contributed by atoms with van der Waals surface area (Å²) in [4.78, 5) is 48.2. The van der Waals surface area contributed by atoms with Crippen LogP contribution >= 0.6 is 23.1 Å². The van der Waals surface area contributed by atoms with E-state index >= 15 is 0 Å². The molecule has 2 aromatic rings. The van der Waals surface area contributed by atoms with Crippen molar-refractivity contribution in [3.8, 4) is 0 Å². The van der Waals surface area contributed by atoms with Crippen molar-refractivity contribution in [2.45, 2.75) is 37.2 Å². The molecular weight excluding hydrogens is 492 g/mol. The monoisotopic (exact) mass is 515 g/mol. The number of aliphatic carboxylic acids is 1. The van der Waals surface area contributed by atoms with Crippen molar-refractivity contribution >= 4 is 51.7 Å². The summed E-state index contributed by atoms with van der Waals surface area (Å²) in [5.41, 5.74) is 8.92. The fourth-order valence-corrected chi connectivity index (χ4v) is 6.56. The second-order valence-electron chi connectivity index (χ2n) is 8.27.